The van der Waals surface area contributed by atoms with Crippen molar-refractivity contribution in [2.45, 2.75) is 19.8 Å². The predicted octanol–water partition coefficient (Wildman–Crippen LogP) is 2.75. The number of hydrogen-bond acceptors (Lipinski definition) is 5. The first-order valence-electron chi connectivity index (χ1n) is 9.09. The predicted molar refractivity (Wildman–Crippen MR) is 108 cm³/mol. The van der Waals surface area contributed by atoms with Gasteiger partial charge >= 0.3 is 0 Å². The Kier molecular flexibility index (Phi) is 8.52. The van der Waals surface area contributed by atoms with Crippen molar-refractivity contribution in [2.24, 2.45) is 5.10 Å². The Labute approximate surface area is 164 Å². The standard InChI is InChI=1S/C21H25N3O4/c1-3-4-13-28-19-9-5-16(6-10-19)14-23-24-20(25)15-22-21(26)17-7-11-18(27-2)12-8-17/h5-12,14H,3-4,13,15H2,1-2H3,(H,22,26)(H,24,25)/b23-14+. The van der Waals surface area contributed by atoms with Crippen LogP contribution in [0, 0.1) is 0 Å². The van der Waals surface area contributed by atoms with Crippen molar-refractivity contribution >= 4 is 18.0 Å². The largest absolute Gasteiger partial charge is 0.497 e. The van der Waals surface area contributed by atoms with E-state index in [0.717, 1.165) is 24.2 Å². The van der Waals surface area contributed by atoms with Crippen LogP contribution in [0.25, 0.3) is 0 Å². The molecule has 0 unspecified atom stereocenters. The number of ether oxygens (including phenoxy) is 2. The molecule has 2 aromatic rings. The van der Waals surface area contributed by atoms with Crippen molar-refractivity contribution < 1.29 is 19.1 Å². The Morgan fingerprint density at radius 3 is 2.36 bits per heavy atom. The van der Waals surface area contributed by atoms with Crippen LogP contribution in [-0.4, -0.2) is 38.3 Å². The summed E-state index contributed by atoms with van der Waals surface area (Å²) in [6.45, 7) is 2.64. The maximum Gasteiger partial charge on any atom is 0.259 e. The quantitative estimate of drug-likeness (QED) is 0.375. The molecule has 0 saturated heterocycles. The van der Waals surface area contributed by atoms with Crippen LogP contribution < -0.4 is 20.2 Å². The van der Waals surface area contributed by atoms with Crippen LogP contribution in [0.3, 0.4) is 0 Å². The highest BCUT2D eigenvalue weighted by Crippen LogP contribution is 2.12. The first kappa shape index (κ1) is 21.0. The second-order valence-corrected chi connectivity index (χ2v) is 5.98. The second-order valence-electron chi connectivity index (χ2n) is 5.98. The van der Waals surface area contributed by atoms with Crippen molar-refractivity contribution in [3.05, 3.63) is 59.7 Å². The van der Waals surface area contributed by atoms with Crippen molar-refractivity contribution in [1.82, 2.24) is 10.7 Å². The van der Waals surface area contributed by atoms with Crippen molar-refractivity contribution in [3.63, 3.8) is 0 Å². The van der Waals surface area contributed by atoms with E-state index in [1.54, 1.807) is 31.4 Å². The number of hydrogen-bond donors (Lipinski definition) is 2. The van der Waals surface area contributed by atoms with Gasteiger partial charge in [0.15, 0.2) is 0 Å². The number of methoxy groups -OCH3 is 1. The number of carbonyl (C=O) groups excluding carboxylic acids is 2. The molecule has 0 aliphatic heterocycles. The van der Waals surface area contributed by atoms with E-state index in [1.807, 2.05) is 24.3 Å². The molecule has 2 amide bonds. The lowest BCUT2D eigenvalue weighted by Crippen LogP contribution is -2.34. The van der Waals surface area contributed by atoms with Gasteiger partial charge < -0.3 is 14.8 Å². The van der Waals surface area contributed by atoms with Gasteiger partial charge in [-0.25, -0.2) is 5.43 Å². The fraction of sp³-hybridized carbons (Fsp3) is 0.286. The molecule has 2 rings (SSSR count). The summed E-state index contributed by atoms with van der Waals surface area (Å²) in [5.74, 6) is 0.693. The molecule has 7 heteroatoms. The van der Waals surface area contributed by atoms with Crippen molar-refractivity contribution in [3.8, 4) is 11.5 Å². The minimum Gasteiger partial charge on any atom is -0.497 e. The van der Waals surface area contributed by atoms with Crippen LogP contribution >= 0.6 is 0 Å². The first-order chi connectivity index (χ1) is 13.6. The summed E-state index contributed by atoms with van der Waals surface area (Å²) < 4.78 is 10.6. The van der Waals surface area contributed by atoms with Gasteiger partial charge in [0.1, 0.15) is 11.5 Å². The van der Waals surface area contributed by atoms with Crippen LogP contribution in [0.5, 0.6) is 11.5 Å². The van der Waals surface area contributed by atoms with Gasteiger partial charge in [0.2, 0.25) is 0 Å². The lowest BCUT2D eigenvalue weighted by atomic mass is 10.2. The molecule has 0 fully saturated rings. The molecule has 0 heterocycles. The monoisotopic (exact) mass is 383 g/mol. The molecule has 2 N–H and O–H groups in total. The molecule has 0 radical (unpaired) electrons. The third-order valence-corrected chi connectivity index (χ3v) is 3.81. The van der Waals surface area contributed by atoms with Crippen LogP contribution in [0.2, 0.25) is 0 Å². The van der Waals surface area contributed by atoms with Gasteiger partial charge in [-0.3, -0.25) is 9.59 Å². The summed E-state index contributed by atoms with van der Waals surface area (Å²) in [5.41, 5.74) is 3.64. The average Bonchev–Trinajstić information content (AvgIpc) is 2.73. The zero-order valence-electron chi connectivity index (χ0n) is 16.1. The van der Waals surface area contributed by atoms with E-state index >= 15 is 0 Å². The Hall–Kier alpha value is -3.35. The van der Waals surface area contributed by atoms with Crippen LogP contribution in [0.1, 0.15) is 35.7 Å². The zero-order valence-corrected chi connectivity index (χ0v) is 16.1. The van der Waals surface area contributed by atoms with Gasteiger partial charge in [0.05, 0.1) is 26.5 Å². The maximum atomic E-state index is 12.0. The van der Waals surface area contributed by atoms with Crippen molar-refractivity contribution in [1.29, 1.82) is 0 Å². The van der Waals surface area contributed by atoms with Gasteiger partial charge in [-0.1, -0.05) is 13.3 Å². The van der Waals surface area contributed by atoms with E-state index in [9.17, 15) is 9.59 Å². The van der Waals surface area contributed by atoms with Gasteiger partial charge in [0, 0.05) is 5.56 Å². The number of unbranched alkanes of at least 4 members (excludes halogenated alkanes) is 1. The molecule has 0 aliphatic rings. The van der Waals surface area contributed by atoms with E-state index < -0.39 is 5.91 Å². The van der Waals surface area contributed by atoms with Gasteiger partial charge in [-0.2, -0.15) is 5.10 Å². The van der Waals surface area contributed by atoms with Gasteiger partial charge in [0.25, 0.3) is 11.8 Å². The van der Waals surface area contributed by atoms with E-state index in [1.165, 1.54) is 6.21 Å². The van der Waals surface area contributed by atoms with E-state index in [2.05, 4.69) is 22.8 Å². The third kappa shape index (κ3) is 7.11. The minimum absolute atomic E-state index is 0.174. The van der Waals surface area contributed by atoms with E-state index in [4.69, 9.17) is 9.47 Å². The van der Waals surface area contributed by atoms with E-state index in [-0.39, 0.29) is 12.5 Å². The number of carbonyl (C=O) groups is 2. The van der Waals surface area contributed by atoms with Gasteiger partial charge in [-0.15, -0.1) is 0 Å². The molecule has 148 valence electrons. The highest BCUT2D eigenvalue weighted by atomic mass is 16.5. The number of amides is 2. The smallest absolute Gasteiger partial charge is 0.259 e. The molecular formula is C21H25N3O4. The summed E-state index contributed by atoms with van der Waals surface area (Å²) in [6.07, 6.45) is 3.63. The fourth-order valence-corrected chi connectivity index (χ4v) is 2.21. The number of benzene rings is 2. The van der Waals surface area contributed by atoms with Crippen LogP contribution in [-0.2, 0) is 4.79 Å². The summed E-state index contributed by atoms with van der Waals surface area (Å²) in [6, 6.07) is 14.0. The Balaban J connectivity index is 1.73. The Morgan fingerprint density at radius 1 is 1.04 bits per heavy atom. The summed E-state index contributed by atoms with van der Waals surface area (Å²) >= 11 is 0. The molecule has 2 aromatic carbocycles. The second kappa shape index (κ2) is 11.4. The normalized spacial score (nSPS) is 10.5. The number of nitrogens with one attached hydrogen (secondary N) is 2. The highest BCUT2D eigenvalue weighted by Gasteiger charge is 2.07. The fourth-order valence-electron chi connectivity index (χ4n) is 2.21. The molecule has 0 bridgehead atoms. The molecule has 28 heavy (non-hydrogen) atoms. The number of nitrogens with zero attached hydrogens (tertiary/aromatic N) is 1. The molecule has 0 saturated carbocycles. The molecule has 0 spiro atoms. The minimum atomic E-state index is -0.419. The topological polar surface area (TPSA) is 89.0 Å². The molecular weight excluding hydrogens is 358 g/mol. The molecule has 0 aliphatic carbocycles. The average molecular weight is 383 g/mol. The summed E-state index contributed by atoms with van der Waals surface area (Å²) in [5, 5.41) is 6.42. The lowest BCUT2D eigenvalue weighted by molar-refractivity contribution is -0.120. The van der Waals surface area contributed by atoms with Gasteiger partial charge in [-0.05, 0) is 60.5 Å². The summed E-state index contributed by atoms with van der Waals surface area (Å²) in [7, 11) is 1.55. The third-order valence-electron chi connectivity index (χ3n) is 3.81. The SMILES string of the molecule is CCCCOc1ccc(/C=N/NC(=O)CNC(=O)c2ccc(OC)cc2)cc1. The zero-order chi connectivity index (χ0) is 20.2. The lowest BCUT2D eigenvalue weighted by Gasteiger charge is -2.06. The molecule has 7 nitrogen and oxygen atoms in total. The number of hydrazone groups is 1. The summed E-state index contributed by atoms with van der Waals surface area (Å²) in [4.78, 5) is 23.8. The molecule has 0 atom stereocenters. The Morgan fingerprint density at radius 2 is 1.71 bits per heavy atom. The van der Waals surface area contributed by atoms with Crippen LogP contribution in [0.15, 0.2) is 53.6 Å². The molecule has 0 aromatic heterocycles. The first-order valence-corrected chi connectivity index (χ1v) is 9.09. The van der Waals surface area contributed by atoms with E-state index in [0.29, 0.717) is 17.9 Å². The van der Waals surface area contributed by atoms with Crippen LogP contribution in [0.4, 0.5) is 0 Å². The van der Waals surface area contributed by atoms with Crippen molar-refractivity contribution in [2.75, 3.05) is 20.3 Å². The maximum absolute atomic E-state index is 12.0. The Bertz CT molecular complexity index is 786. The highest BCUT2D eigenvalue weighted by molar-refractivity contribution is 5.96. The number of rotatable bonds is 10.